The van der Waals surface area contributed by atoms with Crippen molar-refractivity contribution in [2.24, 2.45) is 11.7 Å². The minimum Gasteiger partial charge on any atom is -0.481 e. The zero-order chi connectivity index (χ0) is 35.0. The standard InChI is InChI=1S/C31H32FN5O10/c1-4-11-37(15-16-5-9-23-19(12-16)27(41)35-31(34-23)47-3)17-6-7-18(21(32)13-17)28(42)36(2)24(30(45)46)14-20(29(43)44)26(40)22(33)8-10-25(38)39/h1,5-7,9,12-13,20,22,24H,8,10-11,14-15,33H2,2-3H3,(H,38,39)(H,43,44)(H,45,46)(H,34,35,41)/t20?,22-,24-/m0/s1. The number of carboxylic acids is 3. The maximum atomic E-state index is 15.4. The number of nitrogens with zero attached hydrogens (tertiary/aromatic N) is 3. The molecule has 2 aromatic carbocycles. The molecule has 6 N–H and O–H groups in total. The number of Topliss-reactive ketones (excluding diaryl/α,β-unsaturated/α-hetero) is 1. The number of carboxylic acid groups (broad SMARTS) is 3. The fourth-order valence-electron chi connectivity index (χ4n) is 4.80. The lowest BCUT2D eigenvalue weighted by molar-refractivity contribution is -0.149. The normalized spacial score (nSPS) is 12.7. The molecule has 0 radical (unpaired) electrons. The molecule has 1 heterocycles. The van der Waals surface area contributed by atoms with E-state index in [1.165, 1.54) is 13.2 Å². The lowest BCUT2D eigenvalue weighted by Gasteiger charge is -2.28. The topological polar surface area (TPSA) is 234 Å². The van der Waals surface area contributed by atoms with Gasteiger partial charge in [0.25, 0.3) is 17.5 Å². The maximum Gasteiger partial charge on any atom is 0.326 e. The SMILES string of the molecule is C#CCN(Cc1ccc2nc(OC)[nH]c(=O)c2c1)c1ccc(C(=O)N(C)[C@@H](CC(C(=O)O)C(=O)[C@@H](N)CCC(=O)O)C(=O)O)c(F)c1. The Hall–Kier alpha value is -5.82. The van der Waals surface area contributed by atoms with Crippen LogP contribution in [0.1, 0.15) is 35.2 Å². The Morgan fingerprint density at radius 2 is 1.81 bits per heavy atom. The van der Waals surface area contributed by atoms with E-state index in [0.29, 0.717) is 16.0 Å². The summed E-state index contributed by atoms with van der Waals surface area (Å²) in [5, 5.41) is 28.5. The predicted molar refractivity (Wildman–Crippen MR) is 164 cm³/mol. The van der Waals surface area contributed by atoms with E-state index in [1.807, 2.05) is 0 Å². The van der Waals surface area contributed by atoms with Gasteiger partial charge >= 0.3 is 17.9 Å². The van der Waals surface area contributed by atoms with E-state index in [1.54, 1.807) is 23.1 Å². The second kappa shape index (κ2) is 15.5. The van der Waals surface area contributed by atoms with Crippen molar-refractivity contribution in [3.8, 4) is 18.4 Å². The van der Waals surface area contributed by atoms with E-state index < -0.39 is 77.4 Å². The molecular weight excluding hydrogens is 621 g/mol. The van der Waals surface area contributed by atoms with Crippen LogP contribution in [0, 0.1) is 24.1 Å². The fraction of sp³-hybridized carbons (Fsp3) is 0.323. The van der Waals surface area contributed by atoms with E-state index >= 15 is 4.39 Å². The van der Waals surface area contributed by atoms with E-state index in [9.17, 15) is 39.0 Å². The lowest BCUT2D eigenvalue weighted by Crippen LogP contribution is -2.48. The molecule has 0 aliphatic heterocycles. The number of fused-ring (bicyclic) bond motifs is 1. The Balaban J connectivity index is 1.84. The van der Waals surface area contributed by atoms with Gasteiger partial charge in [-0.2, -0.15) is 4.98 Å². The molecule has 3 rings (SSSR count). The number of nitrogens with two attached hydrogens (primary N) is 1. The van der Waals surface area contributed by atoms with Crippen LogP contribution in [0.5, 0.6) is 6.01 Å². The summed E-state index contributed by atoms with van der Waals surface area (Å²) in [7, 11) is 2.37. The number of anilines is 1. The van der Waals surface area contributed by atoms with Gasteiger partial charge in [-0.1, -0.05) is 12.0 Å². The van der Waals surface area contributed by atoms with Crippen molar-refractivity contribution in [2.75, 3.05) is 25.6 Å². The number of terminal acetylenes is 1. The van der Waals surface area contributed by atoms with Gasteiger partial charge in [-0.15, -0.1) is 6.42 Å². The Morgan fingerprint density at radius 3 is 2.38 bits per heavy atom. The van der Waals surface area contributed by atoms with E-state index in [4.69, 9.17) is 22.0 Å². The molecule has 3 atom stereocenters. The van der Waals surface area contributed by atoms with Gasteiger partial charge in [0.1, 0.15) is 17.8 Å². The molecule has 3 aromatic rings. The van der Waals surface area contributed by atoms with Crippen LogP contribution in [0.15, 0.2) is 41.2 Å². The quantitative estimate of drug-likeness (QED) is 0.108. The van der Waals surface area contributed by atoms with Crippen molar-refractivity contribution < 1.29 is 48.4 Å². The van der Waals surface area contributed by atoms with Crippen LogP contribution in [0.25, 0.3) is 10.9 Å². The summed E-state index contributed by atoms with van der Waals surface area (Å²) in [6.45, 7) is 0.126. The number of ether oxygens (including phenoxy) is 1. The van der Waals surface area contributed by atoms with Gasteiger partial charge < -0.3 is 35.6 Å². The highest BCUT2D eigenvalue weighted by atomic mass is 19.1. The van der Waals surface area contributed by atoms with Crippen LogP contribution in [-0.4, -0.2) is 92.6 Å². The zero-order valence-electron chi connectivity index (χ0n) is 25.3. The molecule has 0 saturated heterocycles. The van der Waals surface area contributed by atoms with Gasteiger partial charge in [-0.05, 0) is 48.7 Å². The highest BCUT2D eigenvalue weighted by molar-refractivity contribution is 6.02. The van der Waals surface area contributed by atoms with E-state index in [-0.39, 0.29) is 36.6 Å². The Labute approximate surface area is 266 Å². The van der Waals surface area contributed by atoms with Gasteiger partial charge in [-0.25, -0.2) is 9.18 Å². The van der Waals surface area contributed by atoms with Crippen molar-refractivity contribution in [3.63, 3.8) is 0 Å². The number of benzene rings is 2. The number of ketones is 1. The van der Waals surface area contributed by atoms with Crippen LogP contribution >= 0.6 is 0 Å². The third-order valence-electron chi connectivity index (χ3n) is 7.35. The highest BCUT2D eigenvalue weighted by Crippen LogP contribution is 2.24. The minimum absolute atomic E-state index is 0.00217. The number of methoxy groups -OCH3 is 1. The molecule has 1 amide bonds. The van der Waals surface area contributed by atoms with Crippen molar-refractivity contribution in [3.05, 3.63) is 63.7 Å². The number of aromatic nitrogens is 2. The van der Waals surface area contributed by atoms with Crippen molar-refractivity contribution >= 4 is 46.2 Å². The van der Waals surface area contributed by atoms with Crippen LogP contribution in [0.2, 0.25) is 0 Å². The first kappa shape index (κ1) is 35.7. The number of hydrogen-bond acceptors (Lipinski definition) is 10. The maximum absolute atomic E-state index is 15.4. The third kappa shape index (κ3) is 8.67. The molecule has 47 heavy (non-hydrogen) atoms. The van der Waals surface area contributed by atoms with Crippen LogP contribution in [-0.2, 0) is 25.7 Å². The summed E-state index contributed by atoms with van der Waals surface area (Å²) in [6.07, 6.45) is 3.72. The summed E-state index contributed by atoms with van der Waals surface area (Å²) in [6, 6.07) is 5.05. The number of carbonyl (C=O) groups excluding carboxylic acids is 2. The first-order chi connectivity index (χ1) is 22.2. The first-order valence-corrected chi connectivity index (χ1v) is 14.0. The van der Waals surface area contributed by atoms with Gasteiger partial charge in [0.2, 0.25) is 0 Å². The monoisotopic (exact) mass is 653 g/mol. The van der Waals surface area contributed by atoms with Crippen LogP contribution < -0.4 is 20.9 Å². The van der Waals surface area contributed by atoms with Crippen molar-refractivity contribution in [2.45, 2.75) is 37.9 Å². The number of hydrogen-bond donors (Lipinski definition) is 5. The molecule has 248 valence electrons. The Kier molecular flexibility index (Phi) is 11.7. The number of aliphatic carboxylic acids is 3. The fourth-order valence-corrected chi connectivity index (χ4v) is 4.80. The zero-order valence-corrected chi connectivity index (χ0v) is 25.3. The number of H-pyrrole nitrogens is 1. The summed E-state index contributed by atoms with van der Waals surface area (Å²) in [5.74, 6) is -7.45. The minimum atomic E-state index is -1.98. The Bertz CT molecular complexity index is 1800. The van der Waals surface area contributed by atoms with Gasteiger partial charge in [-0.3, -0.25) is 29.0 Å². The second-order valence-corrected chi connectivity index (χ2v) is 10.5. The third-order valence-corrected chi connectivity index (χ3v) is 7.35. The highest BCUT2D eigenvalue weighted by Gasteiger charge is 2.38. The van der Waals surface area contributed by atoms with Crippen molar-refractivity contribution in [1.82, 2.24) is 14.9 Å². The molecule has 1 aromatic heterocycles. The molecular formula is C31H32FN5O10. The summed E-state index contributed by atoms with van der Waals surface area (Å²) in [4.78, 5) is 82.0. The lowest BCUT2D eigenvalue weighted by atomic mass is 9.89. The number of carbonyl (C=O) groups is 5. The number of likely N-dealkylation sites (N-methyl/N-ethyl adjacent to an activating group) is 1. The van der Waals surface area contributed by atoms with E-state index in [0.717, 1.165) is 19.2 Å². The first-order valence-electron chi connectivity index (χ1n) is 14.0. The van der Waals surface area contributed by atoms with Crippen LogP contribution in [0.4, 0.5) is 10.1 Å². The molecule has 0 bridgehead atoms. The number of amides is 1. The average Bonchev–Trinajstić information content (AvgIpc) is 3.02. The van der Waals surface area contributed by atoms with E-state index in [2.05, 4.69) is 15.9 Å². The molecule has 0 spiro atoms. The number of halogens is 1. The molecule has 0 aliphatic rings. The predicted octanol–water partition coefficient (Wildman–Crippen LogP) is 1.09. The number of rotatable bonds is 16. The molecule has 1 unspecified atom stereocenters. The van der Waals surface area contributed by atoms with Gasteiger partial charge in [0.05, 0.1) is 36.2 Å². The summed E-state index contributed by atoms with van der Waals surface area (Å²) < 4.78 is 20.4. The number of nitrogens with one attached hydrogen (secondary N) is 1. The molecule has 15 nitrogen and oxygen atoms in total. The Morgan fingerprint density at radius 1 is 1.11 bits per heavy atom. The smallest absolute Gasteiger partial charge is 0.326 e. The van der Waals surface area contributed by atoms with Gasteiger partial charge in [0, 0.05) is 25.7 Å². The van der Waals surface area contributed by atoms with Crippen molar-refractivity contribution in [1.29, 1.82) is 0 Å². The second-order valence-electron chi connectivity index (χ2n) is 10.5. The largest absolute Gasteiger partial charge is 0.481 e. The summed E-state index contributed by atoms with van der Waals surface area (Å²) >= 11 is 0. The summed E-state index contributed by atoms with van der Waals surface area (Å²) in [5.41, 5.74) is 5.94. The number of aromatic amines is 1. The average molecular weight is 654 g/mol. The molecule has 0 saturated carbocycles. The van der Waals surface area contributed by atoms with Gasteiger partial charge in [0.15, 0.2) is 5.78 Å². The molecule has 16 heteroatoms. The molecule has 0 fully saturated rings. The van der Waals surface area contributed by atoms with Crippen LogP contribution in [0.3, 0.4) is 0 Å². The molecule has 0 aliphatic carbocycles.